The molecule has 3 aromatic rings. The van der Waals surface area contributed by atoms with Crippen molar-refractivity contribution in [2.45, 2.75) is 44.8 Å². The molecule has 0 spiro atoms. The van der Waals surface area contributed by atoms with Crippen LogP contribution in [0.25, 0.3) is 5.69 Å². The quantitative estimate of drug-likeness (QED) is 0.488. The molecule has 0 fully saturated rings. The second-order valence-electron chi connectivity index (χ2n) is 10.4. The van der Waals surface area contributed by atoms with E-state index in [0.717, 1.165) is 23.2 Å². The second kappa shape index (κ2) is 10.3. The maximum Gasteiger partial charge on any atom is 0.240 e. The van der Waals surface area contributed by atoms with Gasteiger partial charge in [0.15, 0.2) is 11.5 Å². The number of nitrogens with one attached hydrogen (secondary N) is 1. The van der Waals surface area contributed by atoms with E-state index in [4.69, 9.17) is 14.6 Å². The minimum absolute atomic E-state index is 0.142. The van der Waals surface area contributed by atoms with Gasteiger partial charge in [0.05, 0.1) is 22.4 Å². The highest BCUT2D eigenvalue weighted by Crippen LogP contribution is 2.49. The summed E-state index contributed by atoms with van der Waals surface area (Å²) < 4.78 is 26.7. The van der Waals surface area contributed by atoms with E-state index in [2.05, 4.69) is 26.1 Å². The van der Waals surface area contributed by atoms with Crippen LogP contribution in [0.4, 0.5) is 10.2 Å². The van der Waals surface area contributed by atoms with Crippen LogP contribution in [0.5, 0.6) is 11.5 Å². The van der Waals surface area contributed by atoms with Crippen LogP contribution in [-0.4, -0.2) is 47.2 Å². The number of ether oxygens (including phenoxy) is 2. The van der Waals surface area contributed by atoms with Gasteiger partial charge in [-0.25, -0.2) is 9.07 Å². The fourth-order valence-electron chi connectivity index (χ4n) is 4.64. The number of halogens is 1. The Morgan fingerprint density at radius 2 is 1.89 bits per heavy atom. The molecule has 200 valence electrons. The zero-order chi connectivity index (χ0) is 27.0. The lowest BCUT2D eigenvalue weighted by molar-refractivity contribution is -0.122. The van der Waals surface area contributed by atoms with Crippen molar-refractivity contribution in [3.8, 4) is 17.2 Å². The van der Waals surface area contributed by atoms with E-state index in [-0.39, 0.29) is 42.0 Å². The number of carbonyl (C=O) groups excluding carboxylic acids is 2. The Morgan fingerprint density at radius 3 is 2.61 bits per heavy atom. The van der Waals surface area contributed by atoms with E-state index in [1.807, 2.05) is 25.1 Å². The van der Waals surface area contributed by atoms with E-state index < -0.39 is 5.41 Å². The predicted molar refractivity (Wildman–Crippen MR) is 145 cm³/mol. The van der Waals surface area contributed by atoms with Crippen molar-refractivity contribution in [2.24, 2.45) is 0 Å². The van der Waals surface area contributed by atoms with Gasteiger partial charge in [0.25, 0.3) is 0 Å². The fourth-order valence-corrected chi connectivity index (χ4v) is 5.83. The first-order valence-electron chi connectivity index (χ1n) is 12.6. The summed E-state index contributed by atoms with van der Waals surface area (Å²) in [6.45, 7) is 8.71. The molecule has 0 saturated heterocycles. The van der Waals surface area contributed by atoms with Gasteiger partial charge in [-0.3, -0.25) is 14.5 Å². The summed E-state index contributed by atoms with van der Waals surface area (Å²) in [5.41, 5.74) is 2.78. The number of amides is 2. The molecule has 1 N–H and O–H groups in total. The lowest BCUT2D eigenvalue weighted by Gasteiger charge is -2.24. The van der Waals surface area contributed by atoms with Crippen LogP contribution < -0.4 is 19.7 Å². The van der Waals surface area contributed by atoms with E-state index in [9.17, 15) is 14.0 Å². The van der Waals surface area contributed by atoms with Crippen molar-refractivity contribution in [3.05, 3.63) is 65.1 Å². The van der Waals surface area contributed by atoms with Gasteiger partial charge < -0.3 is 14.8 Å². The standard InChI is InChI=1S/C28H31FN4O4S/c1-5-12-30-22(34)14-32-23(35)15-38-25(17-6-11-20-21(13-17)37-16-36-20)24-26(28(2,3)4)31-33(27(24)32)19-9-7-18(29)8-10-19/h6-11,13,25H,5,12,14-16H2,1-4H3,(H,30,34)/t25-/m1/s1. The minimum atomic E-state index is -0.395. The van der Waals surface area contributed by atoms with Crippen molar-refractivity contribution in [2.75, 3.05) is 30.5 Å². The Hall–Kier alpha value is -3.53. The molecule has 0 bridgehead atoms. The molecule has 38 heavy (non-hydrogen) atoms. The Balaban J connectivity index is 1.74. The minimum Gasteiger partial charge on any atom is -0.454 e. The zero-order valence-corrected chi connectivity index (χ0v) is 22.7. The molecule has 0 saturated carbocycles. The van der Waals surface area contributed by atoms with Crippen molar-refractivity contribution in [3.63, 3.8) is 0 Å². The topological polar surface area (TPSA) is 85.7 Å². The molecule has 5 rings (SSSR count). The third-order valence-electron chi connectivity index (χ3n) is 6.44. The number of nitrogens with zero attached hydrogens (tertiary/aromatic N) is 3. The van der Waals surface area contributed by atoms with Gasteiger partial charge in [-0.15, -0.1) is 11.8 Å². The molecule has 1 atom stereocenters. The SMILES string of the molecule is CCCNC(=O)CN1C(=O)CS[C@H](c2ccc3c(c2)OCO3)c2c(C(C)(C)C)nn(-c3ccc(F)cc3)c21. The number of fused-ring (bicyclic) bond motifs is 2. The van der Waals surface area contributed by atoms with Crippen LogP contribution in [0.15, 0.2) is 42.5 Å². The van der Waals surface area contributed by atoms with Gasteiger partial charge in [-0.05, 0) is 48.4 Å². The highest BCUT2D eigenvalue weighted by molar-refractivity contribution is 8.00. The van der Waals surface area contributed by atoms with Crippen LogP contribution in [0, 0.1) is 5.82 Å². The Kier molecular flexibility index (Phi) is 7.09. The van der Waals surface area contributed by atoms with Crippen LogP contribution in [0.3, 0.4) is 0 Å². The van der Waals surface area contributed by atoms with Crippen molar-refractivity contribution < 1.29 is 23.5 Å². The summed E-state index contributed by atoms with van der Waals surface area (Å²) in [5.74, 6) is 1.20. The Morgan fingerprint density at radius 1 is 1.16 bits per heavy atom. The van der Waals surface area contributed by atoms with E-state index in [1.54, 1.807) is 16.8 Å². The molecular weight excluding hydrogens is 507 g/mol. The second-order valence-corrected chi connectivity index (χ2v) is 11.5. The lowest BCUT2D eigenvalue weighted by atomic mass is 9.87. The monoisotopic (exact) mass is 538 g/mol. The van der Waals surface area contributed by atoms with Crippen molar-refractivity contribution >= 4 is 29.4 Å². The molecule has 0 aliphatic carbocycles. The lowest BCUT2D eigenvalue weighted by Crippen LogP contribution is -2.42. The number of rotatable bonds is 6. The highest BCUT2D eigenvalue weighted by atomic mass is 32.2. The van der Waals surface area contributed by atoms with Crippen LogP contribution in [0.2, 0.25) is 0 Å². The number of carbonyl (C=O) groups is 2. The Bertz CT molecular complexity index is 1370. The molecule has 2 amide bonds. The molecule has 3 heterocycles. The summed E-state index contributed by atoms with van der Waals surface area (Å²) in [4.78, 5) is 28.0. The molecular formula is C28H31FN4O4S. The van der Waals surface area contributed by atoms with Crippen LogP contribution >= 0.6 is 11.8 Å². The summed E-state index contributed by atoms with van der Waals surface area (Å²) in [6.07, 6.45) is 0.786. The third-order valence-corrected chi connectivity index (χ3v) is 7.70. The first-order chi connectivity index (χ1) is 18.2. The van der Waals surface area contributed by atoms with Crippen LogP contribution in [-0.2, 0) is 15.0 Å². The first-order valence-corrected chi connectivity index (χ1v) is 13.7. The predicted octanol–water partition coefficient (Wildman–Crippen LogP) is 4.73. The van der Waals surface area contributed by atoms with Gasteiger partial charge >= 0.3 is 0 Å². The molecule has 2 aliphatic rings. The maximum atomic E-state index is 13.9. The summed E-state index contributed by atoms with van der Waals surface area (Å²) in [7, 11) is 0. The molecule has 8 nitrogen and oxygen atoms in total. The average Bonchev–Trinajstić information content (AvgIpc) is 3.48. The van der Waals surface area contributed by atoms with Gasteiger partial charge in [0, 0.05) is 17.5 Å². The molecule has 1 aromatic heterocycles. The maximum absolute atomic E-state index is 13.9. The third kappa shape index (κ3) is 4.97. The van der Waals surface area contributed by atoms with Crippen LogP contribution in [0.1, 0.15) is 56.2 Å². The normalized spacial score (nSPS) is 16.8. The van der Waals surface area contributed by atoms with E-state index >= 15 is 0 Å². The molecule has 0 unspecified atom stereocenters. The number of anilines is 1. The summed E-state index contributed by atoms with van der Waals surface area (Å²) in [5, 5.41) is 7.62. The summed E-state index contributed by atoms with van der Waals surface area (Å²) >= 11 is 1.49. The van der Waals surface area contributed by atoms with Gasteiger partial charge in [-0.1, -0.05) is 33.8 Å². The van der Waals surface area contributed by atoms with Gasteiger partial charge in [-0.2, -0.15) is 5.10 Å². The number of hydrogen-bond acceptors (Lipinski definition) is 6. The number of aromatic nitrogens is 2. The fraction of sp³-hybridized carbons (Fsp3) is 0.393. The summed E-state index contributed by atoms with van der Waals surface area (Å²) in [6, 6.07) is 11.8. The molecule has 2 aliphatic heterocycles. The zero-order valence-electron chi connectivity index (χ0n) is 21.9. The number of benzene rings is 2. The van der Waals surface area contributed by atoms with Crippen molar-refractivity contribution in [1.29, 1.82) is 0 Å². The van der Waals surface area contributed by atoms with Crippen molar-refractivity contribution in [1.82, 2.24) is 15.1 Å². The van der Waals surface area contributed by atoms with E-state index in [1.165, 1.54) is 28.8 Å². The van der Waals surface area contributed by atoms with E-state index in [0.29, 0.717) is 29.5 Å². The molecule has 0 radical (unpaired) electrons. The molecule has 10 heteroatoms. The number of thioether (sulfide) groups is 1. The van der Waals surface area contributed by atoms with Gasteiger partial charge in [0.1, 0.15) is 18.2 Å². The largest absolute Gasteiger partial charge is 0.454 e. The van der Waals surface area contributed by atoms with Gasteiger partial charge in [0.2, 0.25) is 18.6 Å². The molecule has 2 aromatic carbocycles. The number of hydrogen-bond donors (Lipinski definition) is 1. The first kappa shape index (κ1) is 26.1. The Labute approximate surface area is 225 Å². The smallest absolute Gasteiger partial charge is 0.240 e. The average molecular weight is 539 g/mol. The highest BCUT2D eigenvalue weighted by Gasteiger charge is 2.40.